The molecule has 6 nitrogen and oxygen atoms in total. The second-order valence-electron chi connectivity index (χ2n) is 6.87. The summed E-state index contributed by atoms with van der Waals surface area (Å²) in [6.45, 7) is 4.18. The van der Waals surface area contributed by atoms with E-state index in [1.165, 1.54) is 0 Å². The van der Waals surface area contributed by atoms with Crippen molar-refractivity contribution in [3.63, 3.8) is 0 Å². The van der Waals surface area contributed by atoms with Gasteiger partial charge in [0.25, 0.3) is 5.91 Å². The Morgan fingerprint density at radius 2 is 1.93 bits per heavy atom. The summed E-state index contributed by atoms with van der Waals surface area (Å²) >= 11 is 0. The third kappa shape index (κ3) is 4.39. The summed E-state index contributed by atoms with van der Waals surface area (Å²) < 4.78 is 5.54. The summed E-state index contributed by atoms with van der Waals surface area (Å²) in [5.41, 5.74) is 2.56. The minimum Gasteiger partial charge on any atom is -0.454 e. The van der Waals surface area contributed by atoms with Crippen molar-refractivity contribution in [3.8, 4) is 0 Å². The zero-order chi connectivity index (χ0) is 20.1. The maximum atomic E-state index is 12.5. The molecule has 0 unspecified atom stereocenters. The lowest BCUT2D eigenvalue weighted by atomic mass is 9.93. The normalized spacial score (nSPS) is 16.5. The predicted octanol–water partition coefficient (Wildman–Crippen LogP) is 2.79. The number of nitrogens with one attached hydrogen (secondary N) is 2. The molecule has 0 aromatic heterocycles. The van der Waals surface area contributed by atoms with Crippen LogP contribution in [-0.2, 0) is 16.0 Å². The summed E-state index contributed by atoms with van der Waals surface area (Å²) in [4.78, 5) is 36.8. The van der Waals surface area contributed by atoms with Gasteiger partial charge in [-0.3, -0.25) is 9.59 Å². The number of ether oxygens (including phenoxy) is 1. The Balaban J connectivity index is 1.74. The molecule has 2 N–H and O–H groups in total. The molecule has 0 radical (unpaired) electrons. The Morgan fingerprint density at radius 3 is 2.64 bits per heavy atom. The van der Waals surface area contributed by atoms with Gasteiger partial charge in [-0.2, -0.15) is 0 Å². The lowest BCUT2D eigenvalue weighted by Crippen LogP contribution is -2.45. The zero-order valence-corrected chi connectivity index (χ0v) is 16.0. The van der Waals surface area contributed by atoms with E-state index in [0.29, 0.717) is 24.1 Å². The number of cyclic esters (lactones) is 1. The van der Waals surface area contributed by atoms with Gasteiger partial charge in [-0.25, -0.2) is 4.79 Å². The third-order valence-electron chi connectivity index (χ3n) is 4.70. The number of hydrogen-bond acceptors (Lipinski definition) is 4. The molecule has 2 aromatic carbocycles. The Morgan fingerprint density at radius 1 is 1.18 bits per heavy atom. The van der Waals surface area contributed by atoms with Crippen LogP contribution in [0, 0.1) is 0 Å². The summed E-state index contributed by atoms with van der Waals surface area (Å²) in [7, 11) is 0. The quantitative estimate of drug-likeness (QED) is 0.755. The van der Waals surface area contributed by atoms with Crippen molar-refractivity contribution in [1.29, 1.82) is 0 Å². The van der Waals surface area contributed by atoms with Crippen molar-refractivity contribution in [2.24, 2.45) is 0 Å². The molecular formula is C22H24N2O4. The number of carbonyl (C=O) groups excluding carboxylic acids is 3. The van der Waals surface area contributed by atoms with E-state index in [-0.39, 0.29) is 17.9 Å². The van der Waals surface area contributed by atoms with Crippen LogP contribution in [0.2, 0.25) is 0 Å². The number of esters is 1. The average Bonchev–Trinajstić information content (AvgIpc) is 2.72. The lowest BCUT2D eigenvalue weighted by molar-refractivity contribution is -0.122. The van der Waals surface area contributed by atoms with Crippen LogP contribution in [-0.4, -0.2) is 30.4 Å². The van der Waals surface area contributed by atoms with Crippen molar-refractivity contribution < 1.29 is 19.1 Å². The largest absolute Gasteiger partial charge is 0.454 e. The van der Waals surface area contributed by atoms with Crippen LogP contribution < -0.4 is 10.6 Å². The number of amides is 2. The van der Waals surface area contributed by atoms with E-state index in [1.807, 2.05) is 37.3 Å². The molecule has 6 heteroatoms. The van der Waals surface area contributed by atoms with E-state index in [1.54, 1.807) is 25.1 Å². The summed E-state index contributed by atoms with van der Waals surface area (Å²) in [5, 5.41) is 5.45. The van der Waals surface area contributed by atoms with Crippen LogP contribution in [0.4, 0.5) is 0 Å². The van der Waals surface area contributed by atoms with Crippen molar-refractivity contribution in [3.05, 3.63) is 70.8 Å². The molecule has 2 aromatic rings. The number of rotatable bonds is 6. The SMILES string of the molecule is CCCNC(=O)[C@@H](C)NC(=O)c1ccc2c(c1)C[C@@H](c1ccccc1)OC2=O. The lowest BCUT2D eigenvalue weighted by Gasteiger charge is -2.25. The molecule has 0 aliphatic carbocycles. The van der Waals surface area contributed by atoms with Crippen LogP contribution in [0.25, 0.3) is 0 Å². The molecule has 146 valence electrons. The molecule has 2 amide bonds. The number of benzene rings is 2. The second kappa shape index (κ2) is 8.69. The van der Waals surface area contributed by atoms with Gasteiger partial charge < -0.3 is 15.4 Å². The molecule has 3 rings (SSSR count). The number of carbonyl (C=O) groups is 3. The van der Waals surface area contributed by atoms with Gasteiger partial charge in [0, 0.05) is 18.5 Å². The average molecular weight is 380 g/mol. The Hall–Kier alpha value is -3.15. The van der Waals surface area contributed by atoms with Gasteiger partial charge in [0.1, 0.15) is 12.1 Å². The van der Waals surface area contributed by atoms with Crippen LogP contribution in [0.3, 0.4) is 0 Å². The fraction of sp³-hybridized carbons (Fsp3) is 0.318. The number of fused-ring (bicyclic) bond motifs is 1. The highest BCUT2D eigenvalue weighted by molar-refractivity contribution is 5.99. The first kappa shape index (κ1) is 19.6. The molecule has 2 atom stereocenters. The van der Waals surface area contributed by atoms with E-state index >= 15 is 0 Å². The van der Waals surface area contributed by atoms with E-state index in [4.69, 9.17) is 4.74 Å². The molecule has 1 heterocycles. The maximum Gasteiger partial charge on any atom is 0.339 e. The maximum absolute atomic E-state index is 12.5. The smallest absolute Gasteiger partial charge is 0.339 e. The van der Waals surface area contributed by atoms with Crippen molar-refractivity contribution in [1.82, 2.24) is 10.6 Å². The van der Waals surface area contributed by atoms with E-state index in [0.717, 1.165) is 17.5 Å². The highest BCUT2D eigenvalue weighted by Crippen LogP contribution is 2.31. The molecule has 0 spiro atoms. The fourth-order valence-corrected chi connectivity index (χ4v) is 3.14. The van der Waals surface area contributed by atoms with Crippen molar-refractivity contribution >= 4 is 17.8 Å². The van der Waals surface area contributed by atoms with Crippen LogP contribution in [0.1, 0.15) is 58.2 Å². The summed E-state index contributed by atoms with van der Waals surface area (Å²) in [6.07, 6.45) is 0.951. The summed E-state index contributed by atoms with van der Waals surface area (Å²) in [5.74, 6) is -0.965. The predicted molar refractivity (Wildman–Crippen MR) is 105 cm³/mol. The first-order chi connectivity index (χ1) is 13.5. The number of hydrogen-bond donors (Lipinski definition) is 2. The van der Waals surface area contributed by atoms with Gasteiger partial charge in [0.2, 0.25) is 5.91 Å². The molecule has 28 heavy (non-hydrogen) atoms. The first-order valence-electron chi connectivity index (χ1n) is 9.47. The molecule has 0 bridgehead atoms. The van der Waals surface area contributed by atoms with Gasteiger partial charge in [0.05, 0.1) is 5.56 Å². The van der Waals surface area contributed by atoms with E-state index in [2.05, 4.69) is 10.6 Å². The van der Waals surface area contributed by atoms with Crippen LogP contribution in [0.5, 0.6) is 0 Å². The topological polar surface area (TPSA) is 84.5 Å². The standard InChI is InChI=1S/C22H24N2O4/c1-3-11-23-20(25)14(2)24-21(26)16-9-10-18-17(12-16)13-19(28-22(18)27)15-7-5-4-6-8-15/h4-10,12,14,19H,3,11,13H2,1-2H3,(H,23,25)(H,24,26)/t14-,19+/m1/s1. The highest BCUT2D eigenvalue weighted by Gasteiger charge is 2.28. The molecule has 1 aliphatic rings. The van der Waals surface area contributed by atoms with Gasteiger partial charge in [-0.1, -0.05) is 37.3 Å². The van der Waals surface area contributed by atoms with Crippen LogP contribution >= 0.6 is 0 Å². The fourth-order valence-electron chi connectivity index (χ4n) is 3.14. The molecule has 0 saturated heterocycles. The van der Waals surface area contributed by atoms with Crippen molar-refractivity contribution in [2.75, 3.05) is 6.54 Å². The van der Waals surface area contributed by atoms with E-state index in [9.17, 15) is 14.4 Å². The molecule has 0 saturated carbocycles. The minimum absolute atomic E-state index is 0.221. The zero-order valence-electron chi connectivity index (χ0n) is 16.0. The second-order valence-corrected chi connectivity index (χ2v) is 6.87. The van der Waals surface area contributed by atoms with Crippen LogP contribution in [0.15, 0.2) is 48.5 Å². The van der Waals surface area contributed by atoms with Gasteiger partial charge >= 0.3 is 5.97 Å². The van der Waals surface area contributed by atoms with Gasteiger partial charge in [-0.05, 0) is 42.7 Å². The molecule has 0 fully saturated rings. The molecule has 1 aliphatic heterocycles. The van der Waals surface area contributed by atoms with Gasteiger partial charge in [0.15, 0.2) is 0 Å². The third-order valence-corrected chi connectivity index (χ3v) is 4.70. The molecular weight excluding hydrogens is 356 g/mol. The first-order valence-corrected chi connectivity index (χ1v) is 9.47. The monoisotopic (exact) mass is 380 g/mol. The summed E-state index contributed by atoms with van der Waals surface area (Å²) in [6, 6.07) is 13.8. The Bertz CT molecular complexity index is 879. The van der Waals surface area contributed by atoms with E-state index < -0.39 is 12.0 Å². The van der Waals surface area contributed by atoms with Crippen molar-refractivity contribution in [2.45, 2.75) is 38.8 Å². The van der Waals surface area contributed by atoms with Gasteiger partial charge in [-0.15, -0.1) is 0 Å². The minimum atomic E-state index is -0.642. The Kier molecular flexibility index (Phi) is 6.09. The Labute approximate surface area is 164 Å². The highest BCUT2D eigenvalue weighted by atomic mass is 16.5.